The maximum atomic E-state index is 12.6. The van der Waals surface area contributed by atoms with Crippen LogP contribution >= 0.6 is 0 Å². The Morgan fingerprint density at radius 2 is 1.84 bits per heavy atom. The van der Waals surface area contributed by atoms with Crippen molar-refractivity contribution in [2.24, 2.45) is 0 Å². The van der Waals surface area contributed by atoms with Crippen molar-refractivity contribution in [3.63, 3.8) is 0 Å². The summed E-state index contributed by atoms with van der Waals surface area (Å²) in [5, 5.41) is 0.803. The summed E-state index contributed by atoms with van der Waals surface area (Å²) in [5.41, 5.74) is 2.10. The highest BCUT2D eigenvalue weighted by Gasteiger charge is 2.23. The predicted octanol–water partition coefficient (Wildman–Crippen LogP) is 3.09. The summed E-state index contributed by atoms with van der Waals surface area (Å²) in [5.74, 6) is 0.197. The molecule has 1 fully saturated rings. The number of fused-ring (bicyclic) bond motifs is 3. The van der Waals surface area contributed by atoms with Crippen molar-refractivity contribution >= 4 is 32.5 Å². The van der Waals surface area contributed by atoms with Gasteiger partial charge in [0.2, 0.25) is 0 Å². The summed E-state index contributed by atoms with van der Waals surface area (Å²) in [6.07, 6.45) is 4.65. The zero-order valence-corrected chi connectivity index (χ0v) is 19.1. The maximum Gasteiger partial charge on any atom is 0.340 e. The minimum absolute atomic E-state index is 0.0616. The first kappa shape index (κ1) is 22.6. The molecule has 0 N–H and O–H groups in total. The molecule has 1 aliphatic rings. The number of aromatic nitrogens is 1. The van der Waals surface area contributed by atoms with Crippen LogP contribution in [0.3, 0.4) is 0 Å². The smallest absolute Gasteiger partial charge is 0.340 e. The van der Waals surface area contributed by atoms with Gasteiger partial charge in [0, 0.05) is 11.9 Å². The van der Waals surface area contributed by atoms with E-state index < -0.39 is 16.2 Å². The van der Waals surface area contributed by atoms with Gasteiger partial charge in [0.05, 0.1) is 35.7 Å². The average Bonchev–Trinajstić information content (AvgIpc) is 3.37. The Balaban J connectivity index is 1.66. The normalized spacial score (nSPS) is 15.9. The highest BCUT2D eigenvalue weighted by Crippen LogP contribution is 2.29. The molecule has 3 heterocycles. The van der Waals surface area contributed by atoms with Crippen LogP contribution in [0.4, 0.5) is 0 Å². The van der Waals surface area contributed by atoms with Gasteiger partial charge in [-0.2, -0.15) is 8.42 Å². The van der Waals surface area contributed by atoms with E-state index in [9.17, 15) is 13.2 Å². The number of rotatable bonds is 9. The summed E-state index contributed by atoms with van der Waals surface area (Å²) in [7, 11) is -3.58. The van der Waals surface area contributed by atoms with Crippen LogP contribution in [0.2, 0.25) is 0 Å². The number of benzene rings is 1. The van der Waals surface area contributed by atoms with Crippen LogP contribution in [-0.4, -0.2) is 68.9 Å². The van der Waals surface area contributed by atoms with Gasteiger partial charge in [-0.25, -0.2) is 4.79 Å². The van der Waals surface area contributed by atoms with E-state index in [0.717, 1.165) is 48.6 Å². The molecule has 0 saturated carbocycles. The Morgan fingerprint density at radius 3 is 2.56 bits per heavy atom. The number of hydrogen-bond donors (Lipinski definition) is 0. The number of ether oxygens (including phenoxy) is 2. The first-order chi connectivity index (χ1) is 15.4. The van der Waals surface area contributed by atoms with E-state index in [1.165, 1.54) is 0 Å². The molecule has 0 bridgehead atoms. The largest absolute Gasteiger partial charge is 0.485 e. The highest BCUT2D eigenvalue weighted by atomic mass is 32.2. The Labute approximate surface area is 187 Å². The molecular weight excluding hydrogens is 432 g/mol. The number of carbonyl (C=O) groups is 1. The molecule has 1 saturated heterocycles. The molecule has 2 aromatic heterocycles. The number of para-hydroxylation sites is 1. The van der Waals surface area contributed by atoms with Gasteiger partial charge in [0.1, 0.15) is 18.5 Å². The molecule has 0 spiro atoms. The van der Waals surface area contributed by atoms with E-state index in [4.69, 9.17) is 13.7 Å². The lowest BCUT2D eigenvalue weighted by Gasteiger charge is -2.24. The molecule has 8 nitrogen and oxygen atoms in total. The van der Waals surface area contributed by atoms with Crippen molar-refractivity contribution in [1.82, 2.24) is 9.30 Å². The van der Waals surface area contributed by atoms with Gasteiger partial charge in [-0.05, 0) is 51.1 Å². The standard InChI is InChI=1S/C23H28N2O6S/c1-3-29-23(26)22-19-8-4-5-9-20(19)25-15-17(10-11-21(22)25)31-18(16-30-32(2,27)28)14-24-12-6-7-13-24/h4-5,8-11,15,18H,3,6-7,12-14,16H2,1-2H3. The summed E-state index contributed by atoms with van der Waals surface area (Å²) >= 11 is 0. The average molecular weight is 461 g/mol. The third kappa shape index (κ3) is 5.06. The van der Waals surface area contributed by atoms with Crippen molar-refractivity contribution in [2.75, 3.05) is 39.1 Å². The fourth-order valence-electron chi connectivity index (χ4n) is 4.17. The van der Waals surface area contributed by atoms with E-state index in [0.29, 0.717) is 24.5 Å². The van der Waals surface area contributed by atoms with Gasteiger partial charge < -0.3 is 13.9 Å². The number of pyridine rings is 1. The Kier molecular flexibility index (Phi) is 6.68. The van der Waals surface area contributed by atoms with Gasteiger partial charge >= 0.3 is 5.97 Å². The summed E-state index contributed by atoms with van der Waals surface area (Å²) in [6, 6.07) is 11.2. The lowest BCUT2D eigenvalue weighted by molar-refractivity contribution is 0.0531. The number of likely N-dealkylation sites (tertiary alicyclic amines) is 1. The maximum absolute atomic E-state index is 12.6. The molecule has 1 aliphatic heterocycles. The van der Waals surface area contributed by atoms with Crippen molar-refractivity contribution in [3.05, 3.63) is 48.2 Å². The van der Waals surface area contributed by atoms with Crippen LogP contribution in [0, 0.1) is 0 Å². The van der Waals surface area contributed by atoms with Crippen LogP contribution in [0.25, 0.3) is 16.4 Å². The van der Waals surface area contributed by atoms with Crippen molar-refractivity contribution < 1.29 is 26.9 Å². The molecular formula is C23H28N2O6S. The first-order valence-corrected chi connectivity index (χ1v) is 12.6. The Hall–Kier alpha value is -2.62. The monoisotopic (exact) mass is 460 g/mol. The molecule has 1 aromatic carbocycles. The molecule has 0 amide bonds. The minimum atomic E-state index is -3.58. The Morgan fingerprint density at radius 1 is 1.09 bits per heavy atom. The fourth-order valence-corrected chi connectivity index (χ4v) is 4.57. The van der Waals surface area contributed by atoms with Gasteiger partial charge in [-0.3, -0.25) is 9.08 Å². The lowest BCUT2D eigenvalue weighted by Crippen LogP contribution is -2.37. The van der Waals surface area contributed by atoms with Gasteiger partial charge in [-0.1, -0.05) is 18.2 Å². The van der Waals surface area contributed by atoms with E-state index in [-0.39, 0.29) is 12.6 Å². The molecule has 1 unspecified atom stereocenters. The second-order valence-electron chi connectivity index (χ2n) is 7.97. The topological polar surface area (TPSA) is 86.5 Å². The van der Waals surface area contributed by atoms with E-state index in [2.05, 4.69) is 4.90 Å². The van der Waals surface area contributed by atoms with Crippen LogP contribution in [-0.2, 0) is 19.0 Å². The van der Waals surface area contributed by atoms with E-state index >= 15 is 0 Å². The molecule has 9 heteroatoms. The highest BCUT2D eigenvalue weighted by molar-refractivity contribution is 7.85. The SMILES string of the molecule is CCOC(=O)c1c2ccccc2n2cc(OC(COS(C)(=O)=O)CN3CCCC3)ccc12. The quantitative estimate of drug-likeness (QED) is 0.358. The van der Waals surface area contributed by atoms with E-state index in [1.807, 2.05) is 40.9 Å². The van der Waals surface area contributed by atoms with Crippen LogP contribution < -0.4 is 4.74 Å². The summed E-state index contributed by atoms with van der Waals surface area (Å²) in [4.78, 5) is 14.9. The van der Waals surface area contributed by atoms with Crippen molar-refractivity contribution in [2.45, 2.75) is 25.9 Å². The lowest BCUT2D eigenvalue weighted by atomic mass is 10.1. The fraction of sp³-hybridized carbons (Fsp3) is 0.435. The van der Waals surface area contributed by atoms with Gasteiger partial charge in [0.15, 0.2) is 0 Å². The number of esters is 1. The summed E-state index contributed by atoms with van der Waals surface area (Å²) in [6.45, 7) is 4.52. The molecule has 1 atom stereocenters. The third-order valence-electron chi connectivity index (χ3n) is 5.52. The minimum Gasteiger partial charge on any atom is -0.485 e. The second kappa shape index (κ2) is 9.48. The van der Waals surface area contributed by atoms with Crippen LogP contribution in [0.1, 0.15) is 30.1 Å². The van der Waals surface area contributed by atoms with Gasteiger partial charge in [0.25, 0.3) is 10.1 Å². The molecule has 3 aromatic rings. The molecule has 172 valence electrons. The van der Waals surface area contributed by atoms with E-state index in [1.54, 1.807) is 13.0 Å². The zero-order chi connectivity index (χ0) is 22.7. The van der Waals surface area contributed by atoms with Crippen LogP contribution in [0.15, 0.2) is 42.6 Å². The number of nitrogens with zero attached hydrogens (tertiary/aromatic N) is 2. The van der Waals surface area contributed by atoms with Gasteiger partial charge in [-0.15, -0.1) is 0 Å². The zero-order valence-electron chi connectivity index (χ0n) is 18.3. The second-order valence-corrected chi connectivity index (χ2v) is 9.61. The number of hydrogen-bond acceptors (Lipinski definition) is 7. The first-order valence-electron chi connectivity index (χ1n) is 10.8. The third-order valence-corrected chi connectivity index (χ3v) is 6.09. The predicted molar refractivity (Wildman–Crippen MR) is 122 cm³/mol. The Bertz CT molecular complexity index is 1210. The summed E-state index contributed by atoms with van der Waals surface area (Å²) < 4.78 is 41.5. The number of carbonyl (C=O) groups excluding carboxylic acids is 1. The van der Waals surface area contributed by atoms with Crippen molar-refractivity contribution in [1.29, 1.82) is 0 Å². The molecule has 0 aliphatic carbocycles. The molecule has 0 radical (unpaired) electrons. The van der Waals surface area contributed by atoms with Crippen LogP contribution in [0.5, 0.6) is 5.75 Å². The molecule has 32 heavy (non-hydrogen) atoms. The molecule has 4 rings (SSSR count). The van der Waals surface area contributed by atoms with Crippen molar-refractivity contribution in [3.8, 4) is 5.75 Å².